The van der Waals surface area contributed by atoms with Crippen molar-refractivity contribution < 1.29 is 45.0 Å². The van der Waals surface area contributed by atoms with Crippen LogP contribution in [-0.4, -0.2) is 19.2 Å². The van der Waals surface area contributed by atoms with E-state index in [-0.39, 0.29) is 18.2 Å². The van der Waals surface area contributed by atoms with Gasteiger partial charge in [-0.1, -0.05) is 12.1 Å². The molecule has 0 radical (unpaired) electrons. The minimum absolute atomic E-state index is 0.0388. The molecule has 10 heteroatoms. The van der Waals surface area contributed by atoms with E-state index in [0.717, 1.165) is 0 Å². The summed E-state index contributed by atoms with van der Waals surface area (Å²) in [6.45, 7) is 1.40. The molecule has 4 atom stereocenters. The Morgan fingerprint density at radius 1 is 1.00 bits per heavy atom. The summed E-state index contributed by atoms with van der Waals surface area (Å²) in [4.78, 5) is 11.6. The monoisotopic (exact) mass is 464 g/mol. The smallest absolute Gasteiger partial charge is 0.352 e. The molecule has 0 bridgehead atoms. The number of carbonyl (C=O) groups excluding carboxylic acids is 1. The number of ether oxygens (including phenoxy) is 2. The highest BCUT2D eigenvalue weighted by atomic mass is 19.4. The van der Waals surface area contributed by atoms with Gasteiger partial charge in [0.15, 0.2) is 6.29 Å². The number of rotatable bonds is 5. The van der Waals surface area contributed by atoms with E-state index in [2.05, 4.69) is 0 Å². The van der Waals surface area contributed by atoms with Crippen LogP contribution in [0.5, 0.6) is 0 Å². The van der Waals surface area contributed by atoms with Gasteiger partial charge in [0, 0.05) is 11.8 Å². The van der Waals surface area contributed by atoms with E-state index >= 15 is 0 Å². The Hall–Kier alpha value is -2.46. The van der Waals surface area contributed by atoms with Crippen LogP contribution in [0.3, 0.4) is 0 Å². The second-order valence-corrected chi connectivity index (χ2v) is 7.52. The van der Waals surface area contributed by atoms with Crippen LogP contribution in [0.2, 0.25) is 0 Å². The fourth-order valence-corrected chi connectivity index (χ4v) is 3.66. The van der Waals surface area contributed by atoms with Crippen molar-refractivity contribution in [1.82, 2.24) is 0 Å². The summed E-state index contributed by atoms with van der Waals surface area (Å²) in [5.41, 5.74) is -2.76. The zero-order valence-corrected chi connectivity index (χ0v) is 16.7. The van der Waals surface area contributed by atoms with Crippen molar-refractivity contribution >= 4 is 6.29 Å². The van der Waals surface area contributed by atoms with Crippen molar-refractivity contribution in [3.05, 3.63) is 70.5 Å². The van der Waals surface area contributed by atoms with Crippen LogP contribution in [0, 0.1) is 11.7 Å². The highest BCUT2D eigenvalue weighted by Crippen LogP contribution is 2.41. The molecule has 0 N–H and O–H groups in total. The first-order valence-corrected chi connectivity index (χ1v) is 9.67. The van der Waals surface area contributed by atoms with Crippen LogP contribution in [0.15, 0.2) is 42.5 Å². The van der Waals surface area contributed by atoms with Crippen LogP contribution < -0.4 is 0 Å². The van der Waals surface area contributed by atoms with Gasteiger partial charge in [-0.2, -0.15) is 26.3 Å². The van der Waals surface area contributed by atoms with Crippen LogP contribution in [0.4, 0.5) is 30.7 Å². The molecule has 0 aliphatic carbocycles. The van der Waals surface area contributed by atoms with E-state index < -0.39 is 53.5 Å². The molecule has 1 aliphatic rings. The van der Waals surface area contributed by atoms with Crippen LogP contribution in [-0.2, 0) is 26.6 Å². The van der Waals surface area contributed by atoms with Crippen molar-refractivity contribution in [3.63, 3.8) is 0 Å². The Labute approximate surface area is 179 Å². The molecule has 1 fully saturated rings. The lowest BCUT2D eigenvalue weighted by Gasteiger charge is -2.37. The van der Waals surface area contributed by atoms with Gasteiger partial charge in [-0.15, -0.1) is 0 Å². The summed E-state index contributed by atoms with van der Waals surface area (Å²) in [7, 11) is 0. The Balaban J connectivity index is 1.94. The predicted octanol–water partition coefficient (Wildman–Crippen LogP) is 6.29. The predicted molar refractivity (Wildman–Crippen MR) is 99.0 cm³/mol. The lowest BCUT2D eigenvalue weighted by molar-refractivity contribution is -0.207. The molecule has 1 aliphatic heterocycles. The largest absolute Gasteiger partial charge is 0.416 e. The van der Waals surface area contributed by atoms with Crippen molar-refractivity contribution in [2.75, 3.05) is 6.61 Å². The Morgan fingerprint density at radius 2 is 1.56 bits per heavy atom. The highest BCUT2D eigenvalue weighted by Gasteiger charge is 2.39. The first kappa shape index (κ1) is 24.2. The number of halogens is 7. The number of aldehydes is 1. The van der Waals surface area contributed by atoms with Crippen molar-refractivity contribution in [2.45, 2.75) is 44.0 Å². The van der Waals surface area contributed by atoms with E-state index in [4.69, 9.17) is 9.47 Å². The SMILES string of the molecule is C[C@@H](O[C@H]1OCC[C@H](C=O)[C@H]1c1ccc(F)cc1)c1cc(C(F)(F)F)cc(C(F)(F)F)c1. The van der Waals surface area contributed by atoms with E-state index in [0.29, 0.717) is 30.4 Å². The van der Waals surface area contributed by atoms with Gasteiger partial charge in [0.25, 0.3) is 0 Å². The van der Waals surface area contributed by atoms with Crippen molar-refractivity contribution in [2.24, 2.45) is 5.92 Å². The van der Waals surface area contributed by atoms with Gasteiger partial charge in [0.05, 0.1) is 23.8 Å². The van der Waals surface area contributed by atoms with Gasteiger partial charge < -0.3 is 14.3 Å². The van der Waals surface area contributed by atoms with Gasteiger partial charge >= 0.3 is 12.4 Å². The summed E-state index contributed by atoms with van der Waals surface area (Å²) < 4.78 is 104. The lowest BCUT2D eigenvalue weighted by Crippen LogP contribution is -2.38. The fourth-order valence-electron chi connectivity index (χ4n) is 3.66. The average molecular weight is 464 g/mol. The molecule has 1 heterocycles. The molecule has 2 aromatic carbocycles. The molecule has 2 aromatic rings. The Bertz CT molecular complexity index is 906. The molecule has 0 unspecified atom stereocenters. The third-order valence-corrected chi connectivity index (χ3v) is 5.34. The summed E-state index contributed by atoms with van der Waals surface area (Å²) >= 11 is 0. The standard InChI is InChI=1S/C22H19F7O3/c1-12(15-8-16(21(24,25)26)10-17(9-15)22(27,28)29)32-20-19(14(11-30)6-7-31-20)13-2-4-18(23)5-3-13/h2-5,8-12,14,19-20H,6-7H2,1H3/t12-,14-,19-,20-/m1/s1. The lowest BCUT2D eigenvalue weighted by atomic mass is 9.82. The number of carbonyl (C=O) groups is 1. The number of hydrogen-bond donors (Lipinski definition) is 0. The maximum absolute atomic E-state index is 13.3. The van der Waals surface area contributed by atoms with Gasteiger partial charge in [0.1, 0.15) is 12.1 Å². The zero-order valence-electron chi connectivity index (χ0n) is 16.7. The summed E-state index contributed by atoms with van der Waals surface area (Å²) in [6, 6.07) is 6.43. The average Bonchev–Trinajstić information content (AvgIpc) is 2.72. The molecule has 0 saturated carbocycles. The Morgan fingerprint density at radius 3 is 2.06 bits per heavy atom. The van der Waals surface area contributed by atoms with Crippen molar-refractivity contribution in [1.29, 1.82) is 0 Å². The molecule has 3 nitrogen and oxygen atoms in total. The van der Waals surface area contributed by atoms with Crippen LogP contribution in [0.1, 0.15) is 47.6 Å². The summed E-state index contributed by atoms with van der Waals surface area (Å²) in [5.74, 6) is -1.81. The third-order valence-electron chi connectivity index (χ3n) is 5.34. The number of alkyl halides is 6. The van der Waals surface area contributed by atoms with Crippen LogP contribution >= 0.6 is 0 Å². The quantitative estimate of drug-likeness (QED) is 0.386. The van der Waals surface area contributed by atoms with Gasteiger partial charge in [-0.3, -0.25) is 0 Å². The van der Waals surface area contributed by atoms with E-state index in [1.54, 1.807) is 0 Å². The normalized spacial score (nSPS) is 23.1. The topological polar surface area (TPSA) is 35.5 Å². The molecular formula is C22H19F7O3. The molecular weight excluding hydrogens is 445 g/mol. The van der Waals surface area contributed by atoms with Gasteiger partial charge in [-0.05, 0) is 54.8 Å². The summed E-state index contributed by atoms with van der Waals surface area (Å²) in [6.07, 6.45) is -11.3. The molecule has 0 amide bonds. The fraction of sp³-hybridized carbons (Fsp3) is 0.409. The minimum atomic E-state index is -4.99. The third kappa shape index (κ3) is 5.47. The van der Waals surface area contributed by atoms with E-state index in [1.807, 2.05) is 0 Å². The minimum Gasteiger partial charge on any atom is -0.352 e. The first-order valence-electron chi connectivity index (χ1n) is 9.67. The number of benzene rings is 2. The molecule has 1 saturated heterocycles. The molecule has 0 spiro atoms. The van der Waals surface area contributed by atoms with E-state index in [9.17, 15) is 35.5 Å². The van der Waals surface area contributed by atoms with Gasteiger partial charge in [0.2, 0.25) is 0 Å². The zero-order chi connectivity index (χ0) is 23.7. The van der Waals surface area contributed by atoms with E-state index in [1.165, 1.54) is 31.2 Å². The molecule has 3 rings (SSSR count). The number of hydrogen-bond acceptors (Lipinski definition) is 3. The van der Waals surface area contributed by atoms with Gasteiger partial charge in [-0.25, -0.2) is 4.39 Å². The molecule has 0 aromatic heterocycles. The molecule has 32 heavy (non-hydrogen) atoms. The highest BCUT2D eigenvalue weighted by molar-refractivity contribution is 5.56. The molecule has 174 valence electrons. The first-order chi connectivity index (χ1) is 14.9. The Kier molecular flexibility index (Phi) is 6.94. The van der Waals surface area contributed by atoms with Crippen LogP contribution in [0.25, 0.3) is 0 Å². The summed E-state index contributed by atoms with van der Waals surface area (Å²) in [5, 5.41) is 0. The second-order valence-electron chi connectivity index (χ2n) is 7.52. The van der Waals surface area contributed by atoms with Crippen molar-refractivity contribution in [3.8, 4) is 0 Å². The second kappa shape index (κ2) is 9.19. The maximum Gasteiger partial charge on any atom is 0.416 e. The maximum atomic E-state index is 13.3.